The zero-order chi connectivity index (χ0) is 14.7. The summed E-state index contributed by atoms with van der Waals surface area (Å²) in [7, 11) is 0. The first-order valence-electron chi connectivity index (χ1n) is 6.10. The van der Waals surface area contributed by atoms with Crippen LogP contribution < -0.4 is 11.3 Å². The number of nitrogen functional groups attached to an aromatic ring is 1. The molecule has 9 heteroatoms. The molecule has 0 spiro atoms. The van der Waals surface area contributed by atoms with E-state index in [2.05, 4.69) is 20.4 Å². The quantitative estimate of drug-likeness (QED) is 0.476. The first-order chi connectivity index (χ1) is 9.58. The molecule has 0 aliphatic heterocycles. The number of aryl methyl sites for hydroxylation is 2. The molecule has 20 heavy (non-hydrogen) atoms. The van der Waals surface area contributed by atoms with Crippen molar-refractivity contribution in [1.82, 2.24) is 19.5 Å². The van der Waals surface area contributed by atoms with Gasteiger partial charge in [-0.25, -0.2) is 15.8 Å². The number of hydrogen-bond donors (Lipinski definition) is 2. The molecule has 0 atom stereocenters. The van der Waals surface area contributed by atoms with Gasteiger partial charge in [-0.05, 0) is 13.3 Å². The number of nitrogens with one attached hydrogen (secondary N) is 1. The second-order valence-electron chi connectivity index (χ2n) is 4.17. The highest BCUT2D eigenvalue weighted by Gasteiger charge is 2.24. The summed E-state index contributed by atoms with van der Waals surface area (Å²) in [5.74, 6) is 6.29. The van der Waals surface area contributed by atoms with Crippen molar-refractivity contribution in [2.75, 3.05) is 5.43 Å². The van der Waals surface area contributed by atoms with Gasteiger partial charge in [0, 0.05) is 18.8 Å². The van der Waals surface area contributed by atoms with Gasteiger partial charge in [0.05, 0.1) is 4.92 Å². The Kier molecular flexibility index (Phi) is 3.89. The Bertz CT molecular complexity index is 638. The van der Waals surface area contributed by atoms with Gasteiger partial charge in [-0.1, -0.05) is 6.92 Å². The summed E-state index contributed by atoms with van der Waals surface area (Å²) >= 11 is 0. The molecule has 0 radical (unpaired) electrons. The number of imidazole rings is 1. The maximum atomic E-state index is 11.2. The van der Waals surface area contributed by atoms with Crippen molar-refractivity contribution in [3.63, 3.8) is 0 Å². The van der Waals surface area contributed by atoms with Crippen LogP contribution in [0, 0.1) is 17.0 Å². The van der Waals surface area contributed by atoms with E-state index in [-0.39, 0.29) is 23.1 Å². The summed E-state index contributed by atoms with van der Waals surface area (Å²) in [5, 5.41) is 11.2. The minimum atomic E-state index is -0.499. The Hall–Kier alpha value is -2.55. The number of nitrogens with zero attached hydrogens (tertiary/aromatic N) is 5. The standard InChI is InChI=1S/C11H15N7O2/c1-3-4-8-13-5-6-17(8)10-9(18(19)20)7(2)14-11(15-10)16-12/h5-6H,3-4,12H2,1-2H3,(H,14,15,16). The van der Waals surface area contributed by atoms with Crippen LogP contribution in [-0.2, 0) is 6.42 Å². The molecular formula is C11H15N7O2. The molecule has 0 saturated heterocycles. The molecule has 0 fully saturated rings. The van der Waals surface area contributed by atoms with Gasteiger partial charge in [0.2, 0.25) is 11.8 Å². The van der Waals surface area contributed by atoms with Gasteiger partial charge >= 0.3 is 5.69 Å². The Morgan fingerprint density at radius 3 is 2.85 bits per heavy atom. The van der Waals surface area contributed by atoms with Gasteiger partial charge in [-0.15, -0.1) is 0 Å². The molecule has 9 nitrogen and oxygen atoms in total. The Balaban J connectivity index is 2.67. The van der Waals surface area contributed by atoms with Crippen molar-refractivity contribution in [3.05, 3.63) is 34.0 Å². The van der Waals surface area contributed by atoms with E-state index in [0.29, 0.717) is 12.2 Å². The number of nitrogens with two attached hydrogens (primary N) is 1. The Morgan fingerprint density at radius 1 is 1.50 bits per heavy atom. The van der Waals surface area contributed by atoms with Crippen LogP contribution in [-0.4, -0.2) is 24.4 Å². The molecule has 106 valence electrons. The van der Waals surface area contributed by atoms with Crippen LogP contribution in [0.5, 0.6) is 0 Å². The molecule has 3 N–H and O–H groups in total. The zero-order valence-corrected chi connectivity index (χ0v) is 11.2. The molecule has 2 aromatic heterocycles. The highest BCUT2D eigenvalue weighted by molar-refractivity contribution is 5.53. The largest absolute Gasteiger partial charge is 0.333 e. The lowest BCUT2D eigenvalue weighted by Crippen LogP contribution is -2.15. The van der Waals surface area contributed by atoms with Crippen LogP contribution in [0.15, 0.2) is 12.4 Å². The van der Waals surface area contributed by atoms with E-state index in [1.54, 1.807) is 23.9 Å². The van der Waals surface area contributed by atoms with Gasteiger partial charge in [0.15, 0.2) is 0 Å². The third-order valence-electron chi connectivity index (χ3n) is 2.77. The van der Waals surface area contributed by atoms with E-state index in [9.17, 15) is 10.1 Å². The summed E-state index contributed by atoms with van der Waals surface area (Å²) in [4.78, 5) is 23.0. The predicted octanol–water partition coefficient (Wildman–Crippen LogP) is 1.12. The third kappa shape index (κ3) is 2.43. The fourth-order valence-corrected chi connectivity index (χ4v) is 1.93. The normalized spacial score (nSPS) is 10.6. The topological polar surface area (TPSA) is 125 Å². The molecule has 0 aliphatic carbocycles. The average Bonchev–Trinajstić information content (AvgIpc) is 2.85. The molecule has 0 aliphatic rings. The SMILES string of the molecule is CCCc1nccn1-c1nc(NN)nc(C)c1[N+](=O)[O-]. The van der Waals surface area contributed by atoms with Crippen LogP contribution >= 0.6 is 0 Å². The van der Waals surface area contributed by atoms with E-state index in [1.165, 1.54) is 0 Å². The van der Waals surface area contributed by atoms with E-state index in [0.717, 1.165) is 6.42 Å². The van der Waals surface area contributed by atoms with E-state index in [4.69, 9.17) is 5.84 Å². The molecule has 2 aromatic rings. The van der Waals surface area contributed by atoms with Crippen LogP contribution in [0.4, 0.5) is 11.6 Å². The lowest BCUT2D eigenvalue weighted by atomic mass is 10.3. The molecular weight excluding hydrogens is 262 g/mol. The molecule has 0 bridgehead atoms. The van der Waals surface area contributed by atoms with E-state index >= 15 is 0 Å². The highest BCUT2D eigenvalue weighted by Crippen LogP contribution is 2.26. The number of aromatic nitrogens is 4. The number of hydrogen-bond acceptors (Lipinski definition) is 7. The van der Waals surface area contributed by atoms with Crippen LogP contribution in [0.1, 0.15) is 24.9 Å². The van der Waals surface area contributed by atoms with Crippen molar-refractivity contribution in [3.8, 4) is 5.82 Å². The highest BCUT2D eigenvalue weighted by atomic mass is 16.6. The molecule has 2 heterocycles. The number of anilines is 1. The first kappa shape index (κ1) is 13.9. The van der Waals surface area contributed by atoms with E-state index in [1.807, 2.05) is 6.92 Å². The fourth-order valence-electron chi connectivity index (χ4n) is 1.93. The minimum Gasteiger partial charge on any atom is -0.292 e. The first-order valence-corrected chi connectivity index (χ1v) is 6.10. The number of nitro groups is 1. The fraction of sp³-hybridized carbons (Fsp3) is 0.364. The van der Waals surface area contributed by atoms with Crippen molar-refractivity contribution in [1.29, 1.82) is 0 Å². The predicted molar refractivity (Wildman–Crippen MR) is 72.4 cm³/mol. The summed E-state index contributed by atoms with van der Waals surface area (Å²) < 4.78 is 1.59. The summed E-state index contributed by atoms with van der Waals surface area (Å²) in [6, 6.07) is 0. The van der Waals surface area contributed by atoms with Crippen LogP contribution in [0.25, 0.3) is 5.82 Å². The lowest BCUT2D eigenvalue weighted by Gasteiger charge is -2.09. The number of hydrazine groups is 1. The van der Waals surface area contributed by atoms with Gasteiger partial charge in [0.1, 0.15) is 11.5 Å². The second-order valence-corrected chi connectivity index (χ2v) is 4.17. The summed E-state index contributed by atoms with van der Waals surface area (Å²) in [5.41, 5.74) is 2.40. The molecule has 0 saturated carbocycles. The monoisotopic (exact) mass is 277 g/mol. The molecule has 2 rings (SSSR count). The third-order valence-corrected chi connectivity index (χ3v) is 2.77. The maximum Gasteiger partial charge on any atom is 0.333 e. The second kappa shape index (κ2) is 5.61. The minimum absolute atomic E-state index is 0.124. The summed E-state index contributed by atoms with van der Waals surface area (Å²) in [6.45, 7) is 3.55. The Morgan fingerprint density at radius 2 is 2.25 bits per heavy atom. The Labute approximate surface area is 115 Å². The van der Waals surface area contributed by atoms with Gasteiger partial charge in [-0.3, -0.25) is 20.1 Å². The zero-order valence-electron chi connectivity index (χ0n) is 11.2. The summed E-state index contributed by atoms with van der Waals surface area (Å²) in [6.07, 6.45) is 4.79. The van der Waals surface area contributed by atoms with Crippen LogP contribution in [0.2, 0.25) is 0 Å². The van der Waals surface area contributed by atoms with Crippen molar-refractivity contribution in [2.45, 2.75) is 26.7 Å². The van der Waals surface area contributed by atoms with E-state index < -0.39 is 4.92 Å². The van der Waals surface area contributed by atoms with Gasteiger partial charge in [-0.2, -0.15) is 4.98 Å². The van der Waals surface area contributed by atoms with Crippen molar-refractivity contribution in [2.24, 2.45) is 5.84 Å². The van der Waals surface area contributed by atoms with Gasteiger partial charge < -0.3 is 0 Å². The molecule has 0 unspecified atom stereocenters. The molecule has 0 aromatic carbocycles. The van der Waals surface area contributed by atoms with Crippen molar-refractivity contribution >= 4 is 11.6 Å². The smallest absolute Gasteiger partial charge is 0.292 e. The van der Waals surface area contributed by atoms with Crippen LogP contribution in [0.3, 0.4) is 0 Å². The lowest BCUT2D eigenvalue weighted by molar-refractivity contribution is -0.385. The molecule has 0 amide bonds. The van der Waals surface area contributed by atoms with Crippen molar-refractivity contribution < 1.29 is 4.92 Å². The van der Waals surface area contributed by atoms with Gasteiger partial charge in [0.25, 0.3) is 0 Å². The number of rotatable bonds is 5. The maximum absolute atomic E-state index is 11.2. The average molecular weight is 277 g/mol.